The number of nitrogens with zero attached hydrogens (tertiary/aromatic N) is 4. The van der Waals surface area contributed by atoms with Gasteiger partial charge >= 0.3 is 6.09 Å². The highest BCUT2D eigenvalue weighted by Crippen LogP contribution is 2.22. The van der Waals surface area contributed by atoms with E-state index in [2.05, 4.69) is 10.1 Å². The first-order chi connectivity index (χ1) is 10.3. The van der Waals surface area contributed by atoms with Crippen molar-refractivity contribution >= 4 is 17.7 Å². The van der Waals surface area contributed by atoms with Crippen molar-refractivity contribution in [3.05, 3.63) is 36.5 Å². The van der Waals surface area contributed by atoms with Crippen molar-refractivity contribution in [1.82, 2.24) is 19.2 Å². The van der Waals surface area contributed by atoms with E-state index < -0.39 is 11.7 Å². The third kappa shape index (κ3) is 2.52. The second-order valence-corrected chi connectivity index (χ2v) is 5.89. The zero-order valence-corrected chi connectivity index (χ0v) is 12.6. The highest BCUT2D eigenvalue weighted by molar-refractivity contribution is 5.78. The summed E-state index contributed by atoms with van der Waals surface area (Å²) in [5.74, 6) is 0.183. The number of nitrogens with two attached hydrogens (primary N) is 1. The molecule has 0 aromatic carbocycles. The molecule has 0 aliphatic heterocycles. The van der Waals surface area contributed by atoms with Gasteiger partial charge in [-0.3, -0.25) is 4.57 Å². The fourth-order valence-electron chi connectivity index (χ4n) is 2.18. The van der Waals surface area contributed by atoms with Crippen LogP contribution in [0.2, 0.25) is 0 Å². The van der Waals surface area contributed by atoms with Crippen molar-refractivity contribution in [3.8, 4) is 11.4 Å². The molecule has 2 N–H and O–H groups in total. The van der Waals surface area contributed by atoms with E-state index in [9.17, 15) is 4.79 Å². The van der Waals surface area contributed by atoms with Crippen LogP contribution in [0.1, 0.15) is 20.8 Å². The standard InChI is InChI=1S/C15H17N5O2/c1-15(2,3)22-14(21)19-9-5-7-10(19)11-6-4-8-12-17-13(16)18-20(11)12/h4-9H,1-3H3,(H2,16,18). The summed E-state index contributed by atoms with van der Waals surface area (Å²) in [5, 5.41) is 4.16. The largest absolute Gasteiger partial charge is 0.443 e. The highest BCUT2D eigenvalue weighted by atomic mass is 16.6. The van der Waals surface area contributed by atoms with Crippen LogP contribution >= 0.6 is 0 Å². The normalized spacial score (nSPS) is 11.8. The Balaban J connectivity index is 2.09. The molecule has 0 aliphatic rings. The van der Waals surface area contributed by atoms with Crippen LogP contribution in [0.5, 0.6) is 0 Å². The first-order valence-corrected chi connectivity index (χ1v) is 6.87. The number of anilines is 1. The lowest BCUT2D eigenvalue weighted by Gasteiger charge is -2.20. The van der Waals surface area contributed by atoms with Crippen molar-refractivity contribution in [1.29, 1.82) is 0 Å². The average Bonchev–Trinajstić information content (AvgIpc) is 3.00. The van der Waals surface area contributed by atoms with E-state index in [1.54, 1.807) is 22.8 Å². The van der Waals surface area contributed by atoms with Crippen molar-refractivity contribution < 1.29 is 9.53 Å². The van der Waals surface area contributed by atoms with Gasteiger partial charge in [-0.1, -0.05) is 6.07 Å². The first-order valence-electron chi connectivity index (χ1n) is 6.87. The van der Waals surface area contributed by atoms with Crippen LogP contribution in [-0.4, -0.2) is 30.9 Å². The lowest BCUT2D eigenvalue weighted by atomic mass is 10.2. The lowest BCUT2D eigenvalue weighted by molar-refractivity contribution is 0.0540. The third-order valence-electron chi connectivity index (χ3n) is 2.98. The molecular weight excluding hydrogens is 282 g/mol. The number of carbonyl (C=O) groups is 1. The van der Waals surface area contributed by atoms with Crippen molar-refractivity contribution in [2.75, 3.05) is 5.73 Å². The first kappa shape index (κ1) is 14.1. The zero-order valence-electron chi connectivity index (χ0n) is 12.6. The van der Waals surface area contributed by atoms with E-state index in [0.717, 1.165) is 0 Å². The van der Waals surface area contributed by atoms with Gasteiger partial charge in [-0.15, -0.1) is 5.10 Å². The number of nitrogen functional groups attached to an aromatic ring is 1. The molecule has 22 heavy (non-hydrogen) atoms. The van der Waals surface area contributed by atoms with Crippen molar-refractivity contribution in [3.63, 3.8) is 0 Å². The molecule has 0 radical (unpaired) electrons. The van der Waals surface area contributed by atoms with Gasteiger partial charge in [-0.2, -0.15) is 4.98 Å². The van der Waals surface area contributed by atoms with Crippen LogP contribution in [-0.2, 0) is 4.74 Å². The number of fused-ring (bicyclic) bond motifs is 1. The summed E-state index contributed by atoms with van der Waals surface area (Å²) in [4.78, 5) is 16.4. The summed E-state index contributed by atoms with van der Waals surface area (Å²) >= 11 is 0. The molecule has 114 valence electrons. The number of carbonyl (C=O) groups excluding carboxylic acids is 1. The maximum Gasteiger partial charge on any atom is 0.419 e. The smallest absolute Gasteiger partial charge is 0.419 e. The number of hydrogen-bond acceptors (Lipinski definition) is 5. The van der Waals surface area contributed by atoms with Gasteiger partial charge in [-0.05, 0) is 45.0 Å². The van der Waals surface area contributed by atoms with Gasteiger partial charge in [0.25, 0.3) is 0 Å². The minimum atomic E-state index is -0.567. The quantitative estimate of drug-likeness (QED) is 0.746. The molecule has 0 unspecified atom stereocenters. The van der Waals surface area contributed by atoms with Gasteiger partial charge in [-0.25, -0.2) is 9.31 Å². The summed E-state index contributed by atoms with van der Waals surface area (Å²) in [5.41, 5.74) is 7.07. The SMILES string of the molecule is CC(C)(C)OC(=O)n1cccc1-c1cccc2nc(N)nn12. The summed E-state index contributed by atoms with van der Waals surface area (Å²) in [6, 6.07) is 9.07. The predicted octanol–water partition coefficient (Wildman–Crippen LogP) is 2.56. The average molecular weight is 299 g/mol. The Morgan fingerprint density at radius 3 is 2.64 bits per heavy atom. The Kier molecular flexibility index (Phi) is 3.13. The third-order valence-corrected chi connectivity index (χ3v) is 2.98. The van der Waals surface area contributed by atoms with Crippen LogP contribution in [0, 0.1) is 0 Å². The van der Waals surface area contributed by atoms with Gasteiger partial charge in [0.2, 0.25) is 5.95 Å². The summed E-state index contributed by atoms with van der Waals surface area (Å²) in [6.45, 7) is 5.48. The molecular formula is C15H17N5O2. The Hall–Kier alpha value is -2.83. The molecule has 7 heteroatoms. The maximum atomic E-state index is 12.3. The number of rotatable bonds is 1. The number of ether oxygens (including phenoxy) is 1. The van der Waals surface area contributed by atoms with E-state index in [0.29, 0.717) is 17.0 Å². The second-order valence-electron chi connectivity index (χ2n) is 5.89. The number of pyridine rings is 1. The maximum absolute atomic E-state index is 12.3. The van der Waals surface area contributed by atoms with E-state index in [1.807, 2.05) is 39.0 Å². The summed E-state index contributed by atoms with van der Waals surface area (Å²) < 4.78 is 8.46. The Bertz CT molecular complexity index is 841. The molecule has 3 heterocycles. The molecule has 0 bridgehead atoms. The van der Waals surface area contributed by atoms with Crippen molar-refractivity contribution in [2.24, 2.45) is 0 Å². The van der Waals surface area contributed by atoms with Crippen LogP contribution in [0.4, 0.5) is 10.7 Å². The van der Waals surface area contributed by atoms with Crippen LogP contribution < -0.4 is 5.73 Å². The second kappa shape index (κ2) is 4.87. The molecule has 0 fully saturated rings. The van der Waals surface area contributed by atoms with Gasteiger partial charge in [0.1, 0.15) is 5.60 Å². The minimum Gasteiger partial charge on any atom is -0.443 e. The van der Waals surface area contributed by atoms with Gasteiger partial charge in [0, 0.05) is 6.20 Å². The van der Waals surface area contributed by atoms with E-state index in [-0.39, 0.29) is 5.95 Å². The molecule has 3 aromatic rings. The Morgan fingerprint density at radius 2 is 1.91 bits per heavy atom. The topological polar surface area (TPSA) is 87.4 Å². The van der Waals surface area contributed by atoms with Gasteiger partial charge < -0.3 is 10.5 Å². The lowest BCUT2D eigenvalue weighted by Crippen LogP contribution is -2.27. The highest BCUT2D eigenvalue weighted by Gasteiger charge is 2.21. The summed E-state index contributed by atoms with van der Waals surface area (Å²) in [7, 11) is 0. The predicted molar refractivity (Wildman–Crippen MR) is 82.5 cm³/mol. The monoisotopic (exact) mass is 299 g/mol. The van der Waals surface area contributed by atoms with Crippen LogP contribution in [0.3, 0.4) is 0 Å². The van der Waals surface area contributed by atoms with Crippen LogP contribution in [0.25, 0.3) is 17.0 Å². The molecule has 0 aliphatic carbocycles. The van der Waals surface area contributed by atoms with E-state index in [4.69, 9.17) is 10.5 Å². The Labute approximate surface area is 127 Å². The zero-order chi connectivity index (χ0) is 15.9. The molecule has 3 aromatic heterocycles. The molecule has 0 saturated carbocycles. The molecule has 7 nitrogen and oxygen atoms in total. The summed E-state index contributed by atoms with van der Waals surface area (Å²) in [6.07, 6.45) is 1.21. The molecule has 0 spiro atoms. The Morgan fingerprint density at radius 1 is 1.18 bits per heavy atom. The van der Waals surface area contributed by atoms with Crippen molar-refractivity contribution in [2.45, 2.75) is 26.4 Å². The van der Waals surface area contributed by atoms with Gasteiger partial charge in [0.05, 0.1) is 11.4 Å². The van der Waals surface area contributed by atoms with Gasteiger partial charge in [0.15, 0.2) is 5.65 Å². The fraction of sp³-hybridized carbons (Fsp3) is 0.267. The number of aromatic nitrogens is 4. The van der Waals surface area contributed by atoms with E-state index in [1.165, 1.54) is 4.57 Å². The number of hydrogen-bond donors (Lipinski definition) is 1. The molecule has 3 rings (SSSR count). The minimum absolute atomic E-state index is 0.183. The molecule has 0 atom stereocenters. The van der Waals surface area contributed by atoms with E-state index >= 15 is 0 Å². The molecule has 0 saturated heterocycles. The fourth-order valence-corrected chi connectivity index (χ4v) is 2.18. The van der Waals surface area contributed by atoms with Crippen LogP contribution in [0.15, 0.2) is 36.5 Å². The molecule has 0 amide bonds.